The maximum Gasteiger partial charge on any atom is 0.234 e. The molecule has 5 nitrogen and oxygen atoms in total. The number of nitrogens with one attached hydrogen (secondary N) is 1. The first-order valence-electron chi connectivity index (χ1n) is 9.11. The first kappa shape index (κ1) is 19.2. The summed E-state index contributed by atoms with van der Waals surface area (Å²) in [5, 5.41) is 13.6. The molecule has 0 unspecified atom stereocenters. The van der Waals surface area contributed by atoms with Gasteiger partial charge in [-0.05, 0) is 40.5 Å². The highest BCUT2D eigenvalue weighted by molar-refractivity contribution is 5.85. The molecule has 0 fully saturated rings. The Balaban J connectivity index is 1.70. The Morgan fingerprint density at radius 1 is 1.07 bits per heavy atom. The molecule has 0 aromatic heterocycles. The van der Waals surface area contributed by atoms with Crippen molar-refractivity contribution in [3.05, 3.63) is 71.8 Å². The monoisotopic (exact) mass is 374 g/mol. The van der Waals surface area contributed by atoms with Gasteiger partial charge in [-0.25, -0.2) is 0 Å². The van der Waals surface area contributed by atoms with Crippen molar-refractivity contribution >= 4 is 16.7 Å². The zero-order chi connectivity index (χ0) is 19.8. The molecule has 3 rings (SSSR count). The molecule has 0 aliphatic heterocycles. The van der Waals surface area contributed by atoms with Gasteiger partial charge in [0.1, 0.15) is 13.0 Å². The van der Waals surface area contributed by atoms with Gasteiger partial charge in [-0.15, -0.1) is 0 Å². The summed E-state index contributed by atoms with van der Waals surface area (Å²) in [4.78, 5) is 11.4. The van der Waals surface area contributed by atoms with E-state index < -0.39 is 0 Å². The van der Waals surface area contributed by atoms with Crippen molar-refractivity contribution in [1.82, 2.24) is 5.32 Å². The summed E-state index contributed by atoms with van der Waals surface area (Å²) in [6.45, 7) is 0.898. The molecule has 0 bridgehead atoms. The lowest BCUT2D eigenvalue weighted by molar-refractivity contribution is -0.120. The molecule has 5 heteroatoms. The zero-order valence-corrected chi connectivity index (χ0v) is 15.8. The number of benzene rings is 3. The smallest absolute Gasteiger partial charge is 0.234 e. The molecule has 0 spiro atoms. The van der Waals surface area contributed by atoms with Gasteiger partial charge in [-0.1, -0.05) is 48.5 Å². The molecule has 3 aromatic carbocycles. The molecule has 1 N–H and O–H groups in total. The van der Waals surface area contributed by atoms with E-state index in [4.69, 9.17) is 14.7 Å². The van der Waals surface area contributed by atoms with Crippen LogP contribution in [0, 0.1) is 11.3 Å². The van der Waals surface area contributed by atoms with Crippen molar-refractivity contribution < 1.29 is 14.3 Å². The third kappa shape index (κ3) is 4.80. The maximum atomic E-state index is 11.4. The number of ether oxygens (including phenoxy) is 2. The van der Waals surface area contributed by atoms with Crippen molar-refractivity contribution in [3.63, 3.8) is 0 Å². The van der Waals surface area contributed by atoms with Crippen LogP contribution in [0.2, 0.25) is 0 Å². The van der Waals surface area contributed by atoms with Crippen LogP contribution < -0.4 is 14.8 Å². The van der Waals surface area contributed by atoms with Crippen LogP contribution in [-0.4, -0.2) is 19.6 Å². The minimum Gasteiger partial charge on any atom is -0.493 e. The van der Waals surface area contributed by atoms with Crippen LogP contribution in [0.4, 0.5) is 0 Å². The fourth-order valence-corrected chi connectivity index (χ4v) is 3.04. The predicted molar refractivity (Wildman–Crippen MR) is 108 cm³/mol. The summed E-state index contributed by atoms with van der Waals surface area (Å²) in [5.41, 5.74) is 2.13. The normalized spacial score (nSPS) is 10.3. The quantitative estimate of drug-likeness (QED) is 0.647. The van der Waals surface area contributed by atoms with Crippen LogP contribution in [0.25, 0.3) is 10.8 Å². The van der Waals surface area contributed by atoms with Crippen LogP contribution >= 0.6 is 0 Å². The second kappa shape index (κ2) is 9.43. The van der Waals surface area contributed by atoms with Crippen molar-refractivity contribution in [3.8, 4) is 17.6 Å². The molecule has 142 valence electrons. The number of fused-ring (bicyclic) bond motifs is 1. The number of rotatable bonds is 8. The van der Waals surface area contributed by atoms with Gasteiger partial charge in [0.05, 0.1) is 13.2 Å². The first-order chi connectivity index (χ1) is 13.7. The summed E-state index contributed by atoms with van der Waals surface area (Å²) in [5.74, 6) is 1.07. The number of nitrogens with zero attached hydrogens (tertiary/aromatic N) is 1. The van der Waals surface area contributed by atoms with E-state index in [1.807, 2.05) is 42.5 Å². The van der Waals surface area contributed by atoms with Crippen molar-refractivity contribution in [2.75, 3.05) is 13.7 Å². The lowest BCUT2D eigenvalue weighted by atomic mass is 10.1. The highest BCUT2D eigenvalue weighted by Gasteiger charge is 2.08. The largest absolute Gasteiger partial charge is 0.493 e. The molecular formula is C23H22N2O3. The van der Waals surface area contributed by atoms with Crippen LogP contribution in [0.3, 0.4) is 0 Å². The topological polar surface area (TPSA) is 71.3 Å². The lowest BCUT2D eigenvalue weighted by Gasteiger charge is -2.14. The molecule has 0 saturated carbocycles. The SMILES string of the molecule is COc1ccc(CCNC(=O)CC#N)cc1OCc1cccc2ccccc12. The molecule has 0 atom stereocenters. The standard InChI is InChI=1S/C23H22N2O3/c1-27-21-10-9-17(12-14-25-23(26)11-13-24)15-22(21)28-16-19-7-4-6-18-5-2-3-8-20(18)19/h2-10,15H,11-12,14,16H2,1H3,(H,25,26). The van der Waals surface area contributed by atoms with Gasteiger partial charge in [0.15, 0.2) is 11.5 Å². The molecule has 0 saturated heterocycles. The Morgan fingerprint density at radius 3 is 2.71 bits per heavy atom. The number of methoxy groups -OCH3 is 1. The Morgan fingerprint density at radius 2 is 1.89 bits per heavy atom. The third-order valence-corrected chi connectivity index (χ3v) is 4.47. The maximum absolute atomic E-state index is 11.4. The van der Waals surface area contributed by atoms with Gasteiger partial charge in [0.2, 0.25) is 5.91 Å². The highest BCUT2D eigenvalue weighted by atomic mass is 16.5. The van der Waals surface area contributed by atoms with Crippen molar-refractivity contribution in [2.45, 2.75) is 19.4 Å². The van der Waals surface area contributed by atoms with Gasteiger partial charge in [-0.3, -0.25) is 4.79 Å². The average molecular weight is 374 g/mol. The lowest BCUT2D eigenvalue weighted by Crippen LogP contribution is -2.24. The summed E-state index contributed by atoms with van der Waals surface area (Å²) < 4.78 is 11.5. The zero-order valence-electron chi connectivity index (χ0n) is 15.8. The van der Waals surface area contributed by atoms with E-state index >= 15 is 0 Å². The van der Waals surface area contributed by atoms with E-state index in [-0.39, 0.29) is 12.3 Å². The summed E-state index contributed by atoms with van der Waals surface area (Å²) in [7, 11) is 1.61. The average Bonchev–Trinajstić information content (AvgIpc) is 2.72. The molecule has 1 amide bonds. The number of carbonyl (C=O) groups is 1. The van der Waals surface area contributed by atoms with Gasteiger partial charge >= 0.3 is 0 Å². The number of nitriles is 1. The Hall–Kier alpha value is -3.52. The highest BCUT2D eigenvalue weighted by Crippen LogP contribution is 2.30. The minimum absolute atomic E-state index is 0.123. The summed E-state index contributed by atoms with van der Waals surface area (Å²) >= 11 is 0. The van der Waals surface area contributed by atoms with E-state index in [1.165, 1.54) is 10.8 Å². The molecule has 0 aliphatic rings. The number of carbonyl (C=O) groups excluding carboxylic acids is 1. The van der Waals surface area contributed by atoms with E-state index in [0.717, 1.165) is 11.1 Å². The fourth-order valence-electron chi connectivity index (χ4n) is 3.04. The summed E-state index contributed by atoms with van der Waals surface area (Å²) in [6, 6.07) is 22.0. The van der Waals surface area contributed by atoms with Crippen LogP contribution in [0.5, 0.6) is 11.5 Å². The fraction of sp³-hybridized carbons (Fsp3) is 0.217. The molecule has 0 aliphatic carbocycles. The Kier molecular flexibility index (Phi) is 6.48. The van der Waals surface area contributed by atoms with E-state index in [0.29, 0.717) is 31.1 Å². The number of hydrogen-bond acceptors (Lipinski definition) is 4. The third-order valence-electron chi connectivity index (χ3n) is 4.47. The van der Waals surface area contributed by atoms with Gasteiger partial charge in [-0.2, -0.15) is 5.26 Å². The first-order valence-corrected chi connectivity index (χ1v) is 9.11. The summed E-state index contributed by atoms with van der Waals surface area (Å²) in [6.07, 6.45) is 0.522. The molecule has 0 radical (unpaired) electrons. The number of hydrogen-bond donors (Lipinski definition) is 1. The van der Waals surface area contributed by atoms with Gasteiger partial charge in [0, 0.05) is 6.54 Å². The minimum atomic E-state index is -0.261. The van der Waals surface area contributed by atoms with Crippen LogP contribution in [-0.2, 0) is 17.8 Å². The van der Waals surface area contributed by atoms with Crippen LogP contribution in [0.1, 0.15) is 17.5 Å². The number of amides is 1. The molecule has 0 heterocycles. The second-order valence-electron chi connectivity index (χ2n) is 6.35. The van der Waals surface area contributed by atoms with E-state index in [1.54, 1.807) is 7.11 Å². The molecule has 3 aromatic rings. The predicted octanol–water partition coefficient (Wildman–Crippen LogP) is 4.00. The van der Waals surface area contributed by atoms with Gasteiger partial charge in [0.25, 0.3) is 0 Å². The van der Waals surface area contributed by atoms with E-state index in [9.17, 15) is 4.79 Å². The van der Waals surface area contributed by atoms with Gasteiger partial charge < -0.3 is 14.8 Å². The second-order valence-corrected chi connectivity index (χ2v) is 6.35. The van der Waals surface area contributed by atoms with Crippen molar-refractivity contribution in [2.24, 2.45) is 0 Å². The molecular weight excluding hydrogens is 352 g/mol. The molecule has 28 heavy (non-hydrogen) atoms. The Bertz CT molecular complexity index is 1000. The van der Waals surface area contributed by atoms with Crippen LogP contribution in [0.15, 0.2) is 60.7 Å². The van der Waals surface area contributed by atoms with Crippen molar-refractivity contribution in [1.29, 1.82) is 5.26 Å². The van der Waals surface area contributed by atoms with E-state index in [2.05, 4.69) is 29.6 Å². The Labute approximate surface area is 164 Å².